The van der Waals surface area contributed by atoms with Gasteiger partial charge in [0.2, 0.25) is 5.91 Å². The van der Waals surface area contributed by atoms with E-state index in [-0.39, 0.29) is 11.7 Å². The van der Waals surface area contributed by atoms with Gasteiger partial charge in [0.25, 0.3) is 0 Å². The van der Waals surface area contributed by atoms with E-state index in [4.69, 9.17) is 5.11 Å². The molecular formula is C15H31N2O3S+. The van der Waals surface area contributed by atoms with Crippen molar-refractivity contribution in [2.24, 2.45) is 0 Å². The molecule has 0 aromatic rings. The molecule has 0 saturated carbocycles. The van der Waals surface area contributed by atoms with E-state index in [0.717, 1.165) is 19.3 Å². The Kier molecular flexibility index (Phi) is 12.5. The fraction of sp³-hybridized carbons (Fsp3) is 0.867. The van der Waals surface area contributed by atoms with Gasteiger partial charge in [-0.25, -0.2) is 4.79 Å². The van der Waals surface area contributed by atoms with Crippen LogP contribution >= 0.6 is 12.6 Å². The number of carboxylic acids is 1. The molecule has 5 nitrogen and oxygen atoms in total. The van der Waals surface area contributed by atoms with Crippen molar-refractivity contribution in [2.45, 2.75) is 57.4 Å². The SMILES string of the molecule is C[NH+](C)CCCCCCCCCC(=O)NC(CS)C(=O)O. The van der Waals surface area contributed by atoms with Gasteiger partial charge in [-0.15, -0.1) is 0 Å². The van der Waals surface area contributed by atoms with Crippen LogP contribution < -0.4 is 10.2 Å². The summed E-state index contributed by atoms with van der Waals surface area (Å²) < 4.78 is 0. The Labute approximate surface area is 133 Å². The summed E-state index contributed by atoms with van der Waals surface area (Å²) in [5.41, 5.74) is 0. The van der Waals surface area contributed by atoms with Gasteiger partial charge < -0.3 is 15.3 Å². The van der Waals surface area contributed by atoms with Gasteiger partial charge in [-0.2, -0.15) is 12.6 Å². The number of amides is 1. The third kappa shape index (κ3) is 12.7. The first kappa shape index (κ1) is 20.2. The van der Waals surface area contributed by atoms with Crippen LogP contribution in [0.1, 0.15) is 51.4 Å². The van der Waals surface area contributed by atoms with Gasteiger partial charge in [-0.05, 0) is 19.3 Å². The van der Waals surface area contributed by atoms with E-state index in [2.05, 4.69) is 32.0 Å². The van der Waals surface area contributed by atoms with Crippen LogP contribution in [-0.4, -0.2) is 49.4 Å². The maximum atomic E-state index is 11.5. The molecule has 0 rings (SSSR count). The van der Waals surface area contributed by atoms with E-state index in [1.807, 2.05) is 0 Å². The van der Waals surface area contributed by atoms with E-state index < -0.39 is 12.0 Å². The molecule has 0 fully saturated rings. The lowest BCUT2D eigenvalue weighted by molar-refractivity contribution is -0.858. The number of hydrogen-bond acceptors (Lipinski definition) is 3. The largest absolute Gasteiger partial charge is 0.480 e. The fourth-order valence-electron chi connectivity index (χ4n) is 2.10. The van der Waals surface area contributed by atoms with Crippen LogP contribution in [0.4, 0.5) is 0 Å². The minimum Gasteiger partial charge on any atom is -0.480 e. The molecule has 3 N–H and O–H groups in total. The highest BCUT2D eigenvalue weighted by Crippen LogP contribution is 2.08. The third-order valence-electron chi connectivity index (χ3n) is 3.40. The third-order valence-corrected chi connectivity index (χ3v) is 3.76. The van der Waals surface area contributed by atoms with Gasteiger partial charge in [-0.1, -0.05) is 25.7 Å². The Morgan fingerprint density at radius 1 is 1.05 bits per heavy atom. The summed E-state index contributed by atoms with van der Waals surface area (Å²) in [6.45, 7) is 1.23. The second-order valence-corrected chi connectivity index (χ2v) is 6.19. The second-order valence-electron chi connectivity index (χ2n) is 5.82. The van der Waals surface area contributed by atoms with Gasteiger partial charge in [0.1, 0.15) is 6.04 Å². The van der Waals surface area contributed by atoms with Crippen molar-refractivity contribution in [2.75, 3.05) is 26.4 Å². The van der Waals surface area contributed by atoms with Crippen molar-refractivity contribution in [1.82, 2.24) is 5.32 Å². The number of carbonyl (C=O) groups excluding carboxylic acids is 1. The first-order chi connectivity index (χ1) is 9.97. The number of unbranched alkanes of at least 4 members (excludes halogenated alkanes) is 6. The maximum Gasteiger partial charge on any atom is 0.327 e. The normalized spacial score (nSPS) is 12.4. The molecule has 0 saturated heterocycles. The van der Waals surface area contributed by atoms with Gasteiger partial charge >= 0.3 is 5.97 Å². The topological polar surface area (TPSA) is 70.8 Å². The van der Waals surface area contributed by atoms with Crippen LogP contribution in [0.3, 0.4) is 0 Å². The van der Waals surface area contributed by atoms with E-state index in [9.17, 15) is 9.59 Å². The number of nitrogens with one attached hydrogen (secondary N) is 2. The van der Waals surface area contributed by atoms with Crippen molar-refractivity contribution >= 4 is 24.5 Å². The summed E-state index contributed by atoms with van der Waals surface area (Å²) in [6.07, 6.45) is 8.47. The van der Waals surface area contributed by atoms with Crippen molar-refractivity contribution in [1.29, 1.82) is 0 Å². The second kappa shape index (κ2) is 13.0. The van der Waals surface area contributed by atoms with Crippen molar-refractivity contribution in [3.63, 3.8) is 0 Å². The predicted octanol–water partition coefficient (Wildman–Crippen LogP) is 0.751. The maximum absolute atomic E-state index is 11.5. The highest BCUT2D eigenvalue weighted by Gasteiger charge is 2.17. The number of hydrogen-bond donors (Lipinski definition) is 4. The van der Waals surface area contributed by atoms with Gasteiger partial charge in [0.15, 0.2) is 0 Å². The number of rotatable bonds is 13. The van der Waals surface area contributed by atoms with Crippen LogP contribution in [0.25, 0.3) is 0 Å². The van der Waals surface area contributed by atoms with Crippen molar-refractivity contribution in [3.05, 3.63) is 0 Å². The molecule has 0 aliphatic carbocycles. The molecule has 0 aromatic carbocycles. The molecule has 124 valence electrons. The molecule has 21 heavy (non-hydrogen) atoms. The summed E-state index contributed by atoms with van der Waals surface area (Å²) in [4.78, 5) is 23.8. The van der Waals surface area contributed by atoms with Crippen molar-refractivity contribution in [3.8, 4) is 0 Å². The molecule has 1 amide bonds. The van der Waals surface area contributed by atoms with Crippen LogP contribution in [-0.2, 0) is 9.59 Å². The number of quaternary nitrogens is 1. The zero-order valence-corrected chi connectivity index (χ0v) is 14.3. The van der Waals surface area contributed by atoms with E-state index in [1.165, 1.54) is 37.1 Å². The summed E-state index contributed by atoms with van der Waals surface area (Å²) in [5.74, 6) is -1.10. The Morgan fingerprint density at radius 3 is 2.05 bits per heavy atom. The van der Waals surface area contributed by atoms with Gasteiger partial charge in [-0.3, -0.25) is 4.79 Å². The van der Waals surface area contributed by atoms with Crippen LogP contribution in [0.5, 0.6) is 0 Å². The Hall–Kier alpha value is -0.750. The first-order valence-electron chi connectivity index (χ1n) is 7.89. The average Bonchev–Trinajstić information content (AvgIpc) is 2.42. The molecule has 0 radical (unpaired) electrons. The molecule has 0 aliphatic rings. The number of carboxylic acid groups (broad SMARTS) is 1. The monoisotopic (exact) mass is 319 g/mol. The quantitative estimate of drug-likeness (QED) is 0.299. The standard InChI is InChI=1S/C15H30N2O3S/c1-17(2)11-9-7-5-3-4-6-8-10-14(18)16-13(12-21)15(19)20/h13,21H,3-12H2,1-2H3,(H,16,18)(H,19,20)/p+1. The van der Waals surface area contributed by atoms with Gasteiger partial charge in [0, 0.05) is 12.2 Å². The predicted molar refractivity (Wildman–Crippen MR) is 88.0 cm³/mol. The molecule has 6 heteroatoms. The lowest BCUT2D eigenvalue weighted by atomic mass is 10.1. The minimum atomic E-state index is -1.03. The molecule has 0 aliphatic heterocycles. The molecule has 0 heterocycles. The zero-order valence-electron chi connectivity index (χ0n) is 13.4. The Bertz CT molecular complexity index is 299. The molecule has 0 bridgehead atoms. The number of carbonyl (C=O) groups is 2. The Morgan fingerprint density at radius 2 is 1.57 bits per heavy atom. The summed E-state index contributed by atoms with van der Waals surface area (Å²) >= 11 is 3.91. The lowest BCUT2D eigenvalue weighted by Gasteiger charge is -2.11. The summed E-state index contributed by atoms with van der Waals surface area (Å²) in [5, 5.41) is 11.3. The highest BCUT2D eigenvalue weighted by molar-refractivity contribution is 7.80. The first-order valence-corrected chi connectivity index (χ1v) is 8.52. The molecule has 1 unspecified atom stereocenters. The zero-order chi connectivity index (χ0) is 16.1. The molecular weight excluding hydrogens is 288 g/mol. The molecule has 1 atom stereocenters. The van der Waals surface area contributed by atoms with Crippen LogP contribution in [0.2, 0.25) is 0 Å². The summed E-state index contributed by atoms with van der Waals surface area (Å²) in [7, 11) is 4.35. The lowest BCUT2D eigenvalue weighted by Crippen LogP contribution is -3.05. The number of thiol groups is 1. The highest BCUT2D eigenvalue weighted by atomic mass is 32.1. The smallest absolute Gasteiger partial charge is 0.327 e. The fourth-order valence-corrected chi connectivity index (χ4v) is 2.35. The average molecular weight is 319 g/mol. The van der Waals surface area contributed by atoms with Crippen LogP contribution in [0, 0.1) is 0 Å². The van der Waals surface area contributed by atoms with Crippen LogP contribution in [0.15, 0.2) is 0 Å². The number of aliphatic carboxylic acids is 1. The Balaban J connectivity index is 3.42. The van der Waals surface area contributed by atoms with Gasteiger partial charge in [0.05, 0.1) is 20.6 Å². The molecule has 0 spiro atoms. The van der Waals surface area contributed by atoms with E-state index in [1.54, 1.807) is 0 Å². The van der Waals surface area contributed by atoms with Crippen molar-refractivity contribution < 1.29 is 19.6 Å². The molecule has 0 aromatic heterocycles. The summed E-state index contributed by atoms with van der Waals surface area (Å²) in [6, 6.07) is -0.875. The van der Waals surface area contributed by atoms with E-state index >= 15 is 0 Å². The minimum absolute atomic E-state index is 0.121. The van der Waals surface area contributed by atoms with E-state index in [0.29, 0.717) is 6.42 Å².